The molecule has 2 aromatic rings. The molecule has 0 spiro atoms. The number of nitrogens with two attached hydrogens (primary N) is 1. The zero-order chi connectivity index (χ0) is 15.2. The van der Waals surface area contributed by atoms with Crippen molar-refractivity contribution >= 4 is 11.6 Å². The fourth-order valence-corrected chi connectivity index (χ4v) is 2.06. The number of hydrogen-bond donors (Lipinski definition) is 2. The highest BCUT2D eigenvalue weighted by Crippen LogP contribution is 2.12. The van der Waals surface area contributed by atoms with Gasteiger partial charge >= 0.3 is 0 Å². The molecule has 0 radical (unpaired) electrons. The van der Waals surface area contributed by atoms with Gasteiger partial charge in [0.25, 0.3) is 5.91 Å². The van der Waals surface area contributed by atoms with Crippen LogP contribution in [0.4, 0.5) is 5.69 Å². The number of carbonyl (C=O) groups is 1. The zero-order valence-electron chi connectivity index (χ0n) is 12.3. The van der Waals surface area contributed by atoms with Gasteiger partial charge in [0.2, 0.25) is 0 Å². The number of rotatable bonds is 6. The Morgan fingerprint density at radius 3 is 2.71 bits per heavy atom. The van der Waals surface area contributed by atoms with E-state index in [0.717, 1.165) is 11.1 Å². The van der Waals surface area contributed by atoms with Crippen molar-refractivity contribution < 1.29 is 9.53 Å². The van der Waals surface area contributed by atoms with Crippen molar-refractivity contribution in [3.63, 3.8) is 0 Å². The third kappa shape index (κ3) is 3.61. The molecule has 0 atom stereocenters. The van der Waals surface area contributed by atoms with Crippen LogP contribution in [-0.2, 0) is 24.4 Å². The van der Waals surface area contributed by atoms with Gasteiger partial charge in [-0.15, -0.1) is 0 Å². The van der Waals surface area contributed by atoms with Crippen LogP contribution < -0.4 is 11.1 Å². The number of carbonyl (C=O) groups excluding carboxylic acids is 1. The molecule has 3 N–H and O–H groups in total. The van der Waals surface area contributed by atoms with E-state index in [1.54, 1.807) is 18.0 Å². The van der Waals surface area contributed by atoms with Crippen LogP contribution in [0, 0.1) is 0 Å². The van der Waals surface area contributed by atoms with Crippen molar-refractivity contribution in [3.8, 4) is 0 Å². The highest BCUT2D eigenvalue weighted by molar-refractivity contribution is 5.96. The summed E-state index contributed by atoms with van der Waals surface area (Å²) in [5, 5.41) is 7.00. The largest absolute Gasteiger partial charge is 0.396 e. The molecule has 1 aromatic heterocycles. The summed E-state index contributed by atoms with van der Waals surface area (Å²) in [5.74, 6) is -0.271. The highest BCUT2D eigenvalue weighted by Gasteiger charge is 2.14. The van der Waals surface area contributed by atoms with Gasteiger partial charge in [0.1, 0.15) is 0 Å². The predicted molar refractivity (Wildman–Crippen MR) is 80.6 cm³/mol. The third-order valence-corrected chi connectivity index (χ3v) is 3.19. The first-order valence-electron chi connectivity index (χ1n) is 6.82. The standard InChI is InChI=1S/C15H20N4O2/c1-3-19-9-13(16)14(18-19)15(20)17-8-11-6-4-5-7-12(11)10-21-2/h4-7,9H,3,8,10,16H2,1-2H3,(H,17,20). The summed E-state index contributed by atoms with van der Waals surface area (Å²) in [7, 11) is 1.65. The lowest BCUT2D eigenvalue weighted by Gasteiger charge is -2.09. The van der Waals surface area contributed by atoms with E-state index in [-0.39, 0.29) is 11.6 Å². The van der Waals surface area contributed by atoms with E-state index in [1.807, 2.05) is 31.2 Å². The maximum Gasteiger partial charge on any atom is 0.274 e. The molecular formula is C15H20N4O2. The van der Waals surface area contributed by atoms with Gasteiger partial charge < -0.3 is 15.8 Å². The van der Waals surface area contributed by atoms with Gasteiger partial charge in [-0.05, 0) is 18.1 Å². The Hall–Kier alpha value is -2.34. The first-order valence-corrected chi connectivity index (χ1v) is 6.82. The maximum absolute atomic E-state index is 12.1. The number of nitrogens with zero attached hydrogens (tertiary/aromatic N) is 2. The third-order valence-electron chi connectivity index (χ3n) is 3.19. The maximum atomic E-state index is 12.1. The number of benzene rings is 1. The molecule has 0 aliphatic carbocycles. The van der Waals surface area contributed by atoms with Crippen molar-refractivity contribution in [2.24, 2.45) is 0 Å². The molecule has 0 saturated heterocycles. The van der Waals surface area contributed by atoms with Gasteiger partial charge in [-0.2, -0.15) is 5.10 Å². The molecule has 0 bridgehead atoms. The molecule has 0 unspecified atom stereocenters. The number of nitrogen functional groups attached to an aromatic ring is 1. The Labute approximate surface area is 123 Å². The van der Waals surface area contributed by atoms with E-state index in [9.17, 15) is 4.79 Å². The zero-order valence-corrected chi connectivity index (χ0v) is 12.3. The molecule has 112 valence electrons. The van der Waals surface area contributed by atoms with E-state index < -0.39 is 0 Å². The predicted octanol–water partition coefficient (Wildman–Crippen LogP) is 1.56. The lowest BCUT2D eigenvalue weighted by molar-refractivity contribution is 0.0945. The Kier molecular flexibility index (Phi) is 4.94. The topological polar surface area (TPSA) is 82.2 Å². The van der Waals surface area contributed by atoms with Crippen LogP contribution in [0.15, 0.2) is 30.5 Å². The smallest absolute Gasteiger partial charge is 0.274 e. The molecule has 0 saturated carbocycles. The molecule has 0 aliphatic heterocycles. The summed E-state index contributed by atoms with van der Waals surface area (Å²) in [5.41, 5.74) is 8.52. The summed E-state index contributed by atoms with van der Waals surface area (Å²) in [6.07, 6.45) is 1.66. The van der Waals surface area contributed by atoms with Crippen molar-refractivity contribution in [2.75, 3.05) is 12.8 Å². The van der Waals surface area contributed by atoms with Crippen molar-refractivity contribution in [3.05, 3.63) is 47.3 Å². The van der Waals surface area contributed by atoms with Gasteiger partial charge in [-0.1, -0.05) is 24.3 Å². The summed E-state index contributed by atoms with van der Waals surface area (Å²) in [6, 6.07) is 7.81. The Balaban J connectivity index is 2.05. The van der Waals surface area contributed by atoms with Crippen molar-refractivity contribution in [2.45, 2.75) is 26.6 Å². The van der Waals surface area contributed by atoms with Crippen LogP contribution in [-0.4, -0.2) is 22.8 Å². The molecule has 1 heterocycles. The number of ether oxygens (including phenoxy) is 1. The molecule has 2 rings (SSSR count). The molecule has 0 fully saturated rings. The molecule has 6 nitrogen and oxygen atoms in total. The first-order chi connectivity index (χ1) is 10.2. The van der Waals surface area contributed by atoms with Crippen LogP contribution in [0.3, 0.4) is 0 Å². The SMILES string of the molecule is CCn1cc(N)c(C(=O)NCc2ccccc2COC)n1. The van der Waals surface area contributed by atoms with E-state index in [4.69, 9.17) is 10.5 Å². The number of nitrogens with one attached hydrogen (secondary N) is 1. The first kappa shape index (κ1) is 15.1. The van der Waals surface area contributed by atoms with Crippen LogP contribution in [0.2, 0.25) is 0 Å². The second-order valence-corrected chi connectivity index (χ2v) is 4.67. The van der Waals surface area contributed by atoms with Gasteiger partial charge in [0, 0.05) is 26.4 Å². The van der Waals surface area contributed by atoms with Crippen LogP contribution >= 0.6 is 0 Å². The Morgan fingerprint density at radius 2 is 2.10 bits per heavy atom. The van der Waals surface area contributed by atoms with Gasteiger partial charge in [-0.3, -0.25) is 9.48 Å². The monoisotopic (exact) mass is 288 g/mol. The summed E-state index contributed by atoms with van der Waals surface area (Å²) in [4.78, 5) is 12.1. The summed E-state index contributed by atoms with van der Waals surface area (Å²) in [6.45, 7) is 3.54. The number of hydrogen-bond acceptors (Lipinski definition) is 4. The van der Waals surface area contributed by atoms with E-state index in [1.165, 1.54) is 0 Å². The Morgan fingerprint density at radius 1 is 1.38 bits per heavy atom. The fraction of sp³-hybridized carbons (Fsp3) is 0.333. The van der Waals surface area contributed by atoms with Crippen LogP contribution in [0.25, 0.3) is 0 Å². The molecule has 1 amide bonds. The minimum Gasteiger partial charge on any atom is -0.396 e. The van der Waals surface area contributed by atoms with E-state index in [0.29, 0.717) is 25.4 Å². The quantitative estimate of drug-likeness (QED) is 0.845. The molecular weight excluding hydrogens is 268 g/mol. The minimum absolute atomic E-state index is 0.265. The lowest BCUT2D eigenvalue weighted by Crippen LogP contribution is -2.25. The van der Waals surface area contributed by atoms with Gasteiger partial charge in [0.15, 0.2) is 5.69 Å². The van der Waals surface area contributed by atoms with Crippen LogP contribution in [0.5, 0.6) is 0 Å². The minimum atomic E-state index is -0.271. The van der Waals surface area contributed by atoms with Crippen molar-refractivity contribution in [1.29, 1.82) is 0 Å². The fourth-order valence-electron chi connectivity index (χ4n) is 2.06. The molecule has 0 aliphatic rings. The number of methoxy groups -OCH3 is 1. The number of amides is 1. The highest BCUT2D eigenvalue weighted by atomic mass is 16.5. The van der Waals surface area contributed by atoms with E-state index in [2.05, 4.69) is 10.4 Å². The number of aromatic nitrogens is 2. The lowest BCUT2D eigenvalue weighted by atomic mass is 10.1. The van der Waals surface area contributed by atoms with Crippen LogP contribution in [0.1, 0.15) is 28.5 Å². The van der Waals surface area contributed by atoms with Crippen molar-refractivity contribution in [1.82, 2.24) is 15.1 Å². The van der Waals surface area contributed by atoms with Gasteiger partial charge in [0.05, 0.1) is 12.3 Å². The van der Waals surface area contributed by atoms with E-state index >= 15 is 0 Å². The molecule has 6 heteroatoms. The normalized spacial score (nSPS) is 10.6. The number of aryl methyl sites for hydroxylation is 1. The van der Waals surface area contributed by atoms with Gasteiger partial charge in [-0.25, -0.2) is 0 Å². The average Bonchev–Trinajstić information content (AvgIpc) is 2.87. The summed E-state index contributed by atoms with van der Waals surface area (Å²) < 4.78 is 6.79. The number of anilines is 1. The Bertz CT molecular complexity index is 622. The second-order valence-electron chi connectivity index (χ2n) is 4.67. The summed E-state index contributed by atoms with van der Waals surface area (Å²) >= 11 is 0. The second kappa shape index (κ2) is 6.90. The molecule has 1 aromatic carbocycles. The average molecular weight is 288 g/mol. The molecule has 21 heavy (non-hydrogen) atoms.